The average Bonchev–Trinajstić information content (AvgIpc) is 2.38. The van der Waals surface area contributed by atoms with E-state index in [0.717, 1.165) is 37.2 Å². The first-order valence-electron chi connectivity index (χ1n) is 6.17. The Labute approximate surface area is 103 Å². The van der Waals surface area contributed by atoms with Crippen LogP contribution in [0, 0.1) is 0 Å². The van der Waals surface area contributed by atoms with Crippen molar-refractivity contribution in [1.29, 1.82) is 0 Å². The summed E-state index contributed by atoms with van der Waals surface area (Å²) in [5.74, 6) is 0.856. The molecule has 0 bridgehead atoms. The molecule has 0 aromatic heterocycles. The maximum atomic E-state index is 9.64. The van der Waals surface area contributed by atoms with Gasteiger partial charge in [-0.05, 0) is 37.0 Å². The topological polar surface area (TPSA) is 38.7 Å². The summed E-state index contributed by atoms with van der Waals surface area (Å²) in [4.78, 5) is 0. The molecule has 0 heterocycles. The molecule has 0 saturated carbocycles. The zero-order chi connectivity index (χ0) is 12.5. The van der Waals surface area contributed by atoms with Gasteiger partial charge >= 0.3 is 0 Å². The van der Waals surface area contributed by atoms with Gasteiger partial charge in [-0.1, -0.05) is 19.1 Å². The molecule has 1 aromatic rings. The fourth-order valence-electron chi connectivity index (χ4n) is 1.56. The molecule has 0 aliphatic carbocycles. The first-order valence-corrected chi connectivity index (χ1v) is 6.17. The van der Waals surface area contributed by atoms with Crippen LogP contribution in [0.5, 0.6) is 5.75 Å². The van der Waals surface area contributed by atoms with Crippen molar-refractivity contribution in [3.05, 3.63) is 29.8 Å². The van der Waals surface area contributed by atoms with Crippen molar-refractivity contribution < 1.29 is 14.6 Å². The molecule has 0 amide bonds. The van der Waals surface area contributed by atoms with Crippen molar-refractivity contribution >= 4 is 0 Å². The van der Waals surface area contributed by atoms with Gasteiger partial charge in [0.25, 0.3) is 0 Å². The molecule has 0 fully saturated rings. The number of rotatable bonds is 8. The van der Waals surface area contributed by atoms with Crippen molar-refractivity contribution in [2.24, 2.45) is 0 Å². The van der Waals surface area contributed by atoms with Gasteiger partial charge in [0.05, 0.1) is 12.7 Å². The molecule has 3 nitrogen and oxygen atoms in total. The highest BCUT2D eigenvalue weighted by atomic mass is 16.5. The Balaban J connectivity index is 2.30. The maximum absolute atomic E-state index is 9.64. The number of aliphatic hydroxyl groups is 1. The summed E-state index contributed by atoms with van der Waals surface area (Å²) in [5, 5.41) is 9.64. The Morgan fingerprint density at radius 2 is 1.76 bits per heavy atom. The number of methoxy groups -OCH3 is 1. The second kappa shape index (κ2) is 8.09. The predicted molar refractivity (Wildman–Crippen MR) is 68.3 cm³/mol. The van der Waals surface area contributed by atoms with E-state index in [1.54, 1.807) is 7.11 Å². The summed E-state index contributed by atoms with van der Waals surface area (Å²) in [5.41, 5.74) is 0.944. The lowest BCUT2D eigenvalue weighted by Gasteiger charge is -2.10. The summed E-state index contributed by atoms with van der Waals surface area (Å²) >= 11 is 0. The molecular weight excluding hydrogens is 216 g/mol. The number of benzene rings is 1. The van der Waals surface area contributed by atoms with Gasteiger partial charge in [0.1, 0.15) is 5.75 Å². The molecule has 1 rings (SSSR count). The molecule has 0 radical (unpaired) electrons. The lowest BCUT2D eigenvalue weighted by atomic mass is 10.1. The highest BCUT2D eigenvalue weighted by Crippen LogP contribution is 2.19. The first kappa shape index (κ1) is 14.0. The summed E-state index contributed by atoms with van der Waals surface area (Å²) in [7, 11) is 1.71. The number of hydrogen-bond donors (Lipinski definition) is 1. The minimum Gasteiger partial charge on any atom is -0.494 e. The number of unbranched alkanes of at least 4 members (excludes halogenated alkanes) is 1. The third kappa shape index (κ3) is 5.20. The van der Waals surface area contributed by atoms with Crippen LogP contribution in [0.1, 0.15) is 37.9 Å². The van der Waals surface area contributed by atoms with E-state index >= 15 is 0 Å². The number of ether oxygens (including phenoxy) is 2. The van der Waals surface area contributed by atoms with Crippen LogP contribution < -0.4 is 4.74 Å². The lowest BCUT2D eigenvalue weighted by Crippen LogP contribution is -2.00. The van der Waals surface area contributed by atoms with Gasteiger partial charge in [-0.25, -0.2) is 0 Å². The van der Waals surface area contributed by atoms with Gasteiger partial charge in [0, 0.05) is 13.7 Å². The minimum absolute atomic E-state index is 0.370. The molecule has 0 spiro atoms. The first-order chi connectivity index (χ1) is 8.27. The van der Waals surface area contributed by atoms with Crippen LogP contribution >= 0.6 is 0 Å². The molecule has 0 unspecified atom stereocenters. The highest BCUT2D eigenvalue weighted by molar-refractivity contribution is 5.28. The van der Waals surface area contributed by atoms with Gasteiger partial charge in [-0.3, -0.25) is 0 Å². The minimum atomic E-state index is -0.370. The van der Waals surface area contributed by atoms with Crippen molar-refractivity contribution in [3.8, 4) is 5.75 Å². The third-order valence-electron chi connectivity index (χ3n) is 2.66. The molecule has 1 N–H and O–H groups in total. The van der Waals surface area contributed by atoms with Gasteiger partial charge in [0.15, 0.2) is 0 Å². The standard InChI is InChI=1S/C14H22O3/c1-3-14(15)12-6-8-13(9-7-12)17-11-5-4-10-16-2/h6-9,14-15H,3-5,10-11H2,1-2H3/t14-/m1/s1. The molecule has 17 heavy (non-hydrogen) atoms. The monoisotopic (exact) mass is 238 g/mol. The zero-order valence-electron chi connectivity index (χ0n) is 10.7. The van der Waals surface area contributed by atoms with Gasteiger partial charge in [0.2, 0.25) is 0 Å². The Hall–Kier alpha value is -1.06. The Kier molecular flexibility index (Phi) is 6.67. The maximum Gasteiger partial charge on any atom is 0.119 e. The molecule has 3 heteroatoms. The van der Waals surface area contributed by atoms with Crippen LogP contribution in [0.2, 0.25) is 0 Å². The van der Waals surface area contributed by atoms with Gasteiger partial charge in [-0.2, -0.15) is 0 Å². The van der Waals surface area contributed by atoms with Gasteiger partial charge < -0.3 is 14.6 Å². The van der Waals surface area contributed by atoms with Crippen LogP contribution in [0.3, 0.4) is 0 Å². The van der Waals surface area contributed by atoms with Crippen molar-refractivity contribution in [1.82, 2.24) is 0 Å². The van der Waals surface area contributed by atoms with E-state index in [0.29, 0.717) is 6.61 Å². The highest BCUT2D eigenvalue weighted by Gasteiger charge is 2.04. The Morgan fingerprint density at radius 3 is 2.35 bits per heavy atom. The third-order valence-corrected chi connectivity index (χ3v) is 2.66. The summed E-state index contributed by atoms with van der Waals surface area (Å²) in [6.45, 7) is 3.45. The molecule has 96 valence electrons. The number of hydrogen-bond acceptors (Lipinski definition) is 3. The second-order valence-corrected chi connectivity index (χ2v) is 4.04. The van der Waals surface area contributed by atoms with Gasteiger partial charge in [-0.15, -0.1) is 0 Å². The normalized spacial score (nSPS) is 12.4. The molecule has 1 aromatic carbocycles. The Morgan fingerprint density at radius 1 is 1.12 bits per heavy atom. The van der Waals surface area contributed by atoms with Crippen LogP contribution in [0.4, 0.5) is 0 Å². The van der Waals surface area contributed by atoms with Crippen LogP contribution in [0.15, 0.2) is 24.3 Å². The van der Waals surface area contributed by atoms with E-state index in [2.05, 4.69) is 0 Å². The summed E-state index contributed by atoms with van der Waals surface area (Å²) in [6, 6.07) is 7.65. The van der Waals surface area contributed by atoms with Crippen molar-refractivity contribution in [2.45, 2.75) is 32.3 Å². The van der Waals surface area contributed by atoms with E-state index in [1.807, 2.05) is 31.2 Å². The molecule has 0 saturated heterocycles. The molecular formula is C14H22O3. The van der Waals surface area contributed by atoms with E-state index in [9.17, 15) is 5.11 Å². The molecule has 0 aliphatic heterocycles. The van der Waals surface area contributed by atoms with Crippen LogP contribution in [-0.2, 0) is 4.74 Å². The SMILES string of the molecule is CC[C@@H](O)c1ccc(OCCCCOC)cc1. The van der Waals surface area contributed by atoms with E-state index in [1.165, 1.54) is 0 Å². The lowest BCUT2D eigenvalue weighted by molar-refractivity contribution is 0.173. The molecule has 0 aliphatic rings. The fraction of sp³-hybridized carbons (Fsp3) is 0.571. The smallest absolute Gasteiger partial charge is 0.119 e. The fourth-order valence-corrected chi connectivity index (χ4v) is 1.56. The largest absolute Gasteiger partial charge is 0.494 e. The summed E-state index contributed by atoms with van der Waals surface area (Å²) in [6.07, 6.45) is 2.37. The molecule has 1 atom stereocenters. The zero-order valence-corrected chi connectivity index (χ0v) is 10.7. The quantitative estimate of drug-likeness (QED) is 0.708. The average molecular weight is 238 g/mol. The van der Waals surface area contributed by atoms with E-state index in [-0.39, 0.29) is 6.10 Å². The van der Waals surface area contributed by atoms with Crippen molar-refractivity contribution in [2.75, 3.05) is 20.3 Å². The summed E-state index contributed by atoms with van der Waals surface area (Å²) < 4.78 is 10.5. The second-order valence-electron chi connectivity index (χ2n) is 4.04. The van der Waals surface area contributed by atoms with Crippen molar-refractivity contribution in [3.63, 3.8) is 0 Å². The Bertz CT molecular complexity index is 295. The van der Waals surface area contributed by atoms with E-state index < -0.39 is 0 Å². The van der Waals surface area contributed by atoms with E-state index in [4.69, 9.17) is 9.47 Å². The van der Waals surface area contributed by atoms with Crippen LogP contribution in [0.25, 0.3) is 0 Å². The predicted octanol–water partition coefficient (Wildman–Crippen LogP) is 2.94. The number of aliphatic hydroxyl groups excluding tert-OH is 1. The van der Waals surface area contributed by atoms with Crippen LogP contribution in [-0.4, -0.2) is 25.4 Å².